The lowest BCUT2D eigenvalue weighted by Crippen LogP contribution is -2.41. The van der Waals surface area contributed by atoms with E-state index in [1.807, 2.05) is 12.1 Å². The summed E-state index contributed by atoms with van der Waals surface area (Å²) in [5.41, 5.74) is 1.19. The number of nitrogens with one attached hydrogen (secondary N) is 2. The molecule has 0 aliphatic carbocycles. The summed E-state index contributed by atoms with van der Waals surface area (Å²) >= 11 is 0. The molecule has 1 aliphatic rings. The fraction of sp³-hybridized carbons (Fsp3) is 0.667. The first kappa shape index (κ1) is 16.4. The molecule has 1 aromatic carbocycles. The maximum absolute atomic E-state index is 12.9. The fourth-order valence-corrected chi connectivity index (χ4v) is 3.32. The van der Waals surface area contributed by atoms with Gasteiger partial charge >= 0.3 is 0 Å². The molecule has 0 bridgehead atoms. The molecule has 2 rings (SSSR count). The lowest BCUT2D eigenvalue weighted by molar-refractivity contribution is 0.376. The molecule has 2 N–H and O–H groups in total. The van der Waals surface area contributed by atoms with Crippen LogP contribution in [0.25, 0.3) is 0 Å². The summed E-state index contributed by atoms with van der Waals surface area (Å²) in [7, 11) is 0. The molecular formula is C18H29FN2. The Balaban J connectivity index is 1.73. The van der Waals surface area contributed by atoms with Gasteiger partial charge in [0.1, 0.15) is 5.82 Å². The summed E-state index contributed by atoms with van der Waals surface area (Å²) < 4.78 is 12.9. The van der Waals surface area contributed by atoms with Gasteiger partial charge in [-0.2, -0.15) is 0 Å². The third kappa shape index (κ3) is 6.15. The largest absolute Gasteiger partial charge is 0.314 e. The average molecular weight is 292 g/mol. The van der Waals surface area contributed by atoms with Gasteiger partial charge in [0.25, 0.3) is 0 Å². The van der Waals surface area contributed by atoms with Gasteiger partial charge in [-0.05, 0) is 63.8 Å². The summed E-state index contributed by atoms with van der Waals surface area (Å²) in [6, 6.07) is 8.43. The Morgan fingerprint density at radius 2 is 1.90 bits per heavy atom. The molecule has 1 aromatic rings. The van der Waals surface area contributed by atoms with Crippen molar-refractivity contribution in [3.8, 4) is 0 Å². The highest BCUT2D eigenvalue weighted by molar-refractivity contribution is 5.17. The monoisotopic (exact) mass is 292 g/mol. The summed E-state index contributed by atoms with van der Waals surface area (Å²) in [4.78, 5) is 0. The van der Waals surface area contributed by atoms with E-state index in [2.05, 4.69) is 24.5 Å². The van der Waals surface area contributed by atoms with Crippen molar-refractivity contribution in [1.29, 1.82) is 0 Å². The maximum atomic E-state index is 12.9. The molecule has 1 fully saturated rings. The van der Waals surface area contributed by atoms with Gasteiger partial charge in [-0.1, -0.05) is 25.0 Å². The van der Waals surface area contributed by atoms with Crippen molar-refractivity contribution >= 4 is 0 Å². The van der Waals surface area contributed by atoms with Crippen LogP contribution in [0.2, 0.25) is 0 Å². The van der Waals surface area contributed by atoms with Crippen LogP contribution in [0.5, 0.6) is 0 Å². The maximum Gasteiger partial charge on any atom is 0.123 e. The zero-order valence-electron chi connectivity index (χ0n) is 13.4. The molecule has 3 atom stereocenters. The van der Waals surface area contributed by atoms with E-state index >= 15 is 0 Å². The highest BCUT2D eigenvalue weighted by atomic mass is 19.1. The molecule has 0 radical (unpaired) electrons. The van der Waals surface area contributed by atoms with E-state index in [1.54, 1.807) is 12.1 Å². The van der Waals surface area contributed by atoms with Crippen molar-refractivity contribution in [2.45, 2.75) is 70.5 Å². The van der Waals surface area contributed by atoms with Gasteiger partial charge in [0, 0.05) is 18.1 Å². The van der Waals surface area contributed by atoms with E-state index < -0.39 is 0 Å². The molecule has 0 spiro atoms. The molecule has 0 saturated carbocycles. The fourth-order valence-electron chi connectivity index (χ4n) is 3.32. The Kier molecular flexibility index (Phi) is 6.65. The van der Waals surface area contributed by atoms with Crippen molar-refractivity contribution in [3.63, 3.8) is 0 Å². The Morgan fingerprint density at radius 3 is 2.67 bits per heavy atom. The second kappa shape index (κ2) is 8.50. The van der Waals surface area contributed by atoms with E-state index in [0.717, 1.165) is 6.42 Å². The molecule has 0 amide bonds. The van der Waals surface area contributed by atoms with Gasteiger partial charge in [0.2, 0.25) is 0 Å². The van der Waals surface area contributed by atoms with E-state index in [9.17, 15) is 4.39 Å². The first-order valence-corrected chi connectivity index (χ1v) is 8.37. The number of hydrogen-bond acceptors (Lipinski definition) is 2. The van der Waals surface area contributed by atoms with Crippen LogP contribution >= 0.6 is 0 Å². The summed E-state index contributed by atoms with van der Waals surface area (Å²) in [5.74, 6) is -0.160. The van der Waals surface area contributed by atoms with Gasteiger partial charge in [0.15, 0.2) is 0 Å². The first-order chi connectivity index (χ1) is 10.1. The Morgan fingerprint density at radius 1 is 1.14 bits per heavy atom. The molecule has 1 saturated heterocycles. The van der Waals surface area contributed by atoms with Crippen molar-refractivity contribution in [3.05, 3.63) is 35.6 Å². The van der Waals surface area contributed by atoms with Crippen molar-refractivity contribution in [2.75, 3.05) is 6.54 Å². The van der Waals surface area contributed by atoms with Gasteiger partial charge in [-0.15, -0.1) is 0 Å². The third-order valence-electron chi connectivity index (χ3n) is 4.32. The Hall–Kier alpha value is -0.930. The standard InChI is InChI=1S/C18H29FN2/c1-14(12-16-7-9-17(19)10-8-16)21-15(2)13-18-6-4-3-5-11-20-18/h7-10,14-15,18,20-21H,3-6,11-13H2,1-2H3. The lowest BCUT2D eigenvalue weighted by Gasteiger charge is -2.24. The van der Waals surface area contributed by atoms with Gasteiger partial charge in [0.05, 0.1) is 0 Å². The van der Waals surface area contributed by atoms with E-state index in [4.69, 9.17) is 0 Å². The van der Waals surface area contributed by atoms with E-state index in [-0.39, 0.29) is 5.82 Å². The van der Waals surface area contributed by atoms with Gasteiger partial charge in [-0.25, -0.2) is 4.39 Å². The Bertz CT molecular complexity index is 396. The first-order valence-electron chi connectivity index (χ1n) is 8.37. The van der Waals surface area contributed by atoms with Gasteiger partial charge < -0.3 is 10.6 Å². The summed E-state index contributed by atoms with van der Waals surface area (Å²) in [5, 5.41) is 7.34. The quantitative estimate of drug-likeness (QED) is 0.836. The smallest absolute Gasteiger partial charge is 0.123 e. The van der Waals surface area contributed by atoms with Crippen LogP contribution < -0.4 is 10.6 Å². The minimum absolute atomic E-state index is 0.160. The molecule has 3 unspecified atom stereocenters. The highest BCUT2D eigenvalue weighted by Gasteiger charge is 2.16. The molecule has 1 aliphatic heterocycles. The molecule has 3 heteroatoms. The molecule has 1 heterocycles. The normalized spacial score (nSPS) is 22.5. The SMILES string of the molecule is CC(Cc1ccc(F)cc1)NC(C)CC1CCCCCN1. The summed E-state index contributed by atoms with van der Waals surface area (Å²) in [6.07, 6.45) is 7.48. The van der Waals surface area contributed by atoms with Crippen molar-refractivity contribution in [2.24, 2.45) is 0 Å². The molecular weight excluding hydrogens is 263 g/mol. The van der Waals surface area contributed by atoms with Crippen LogP contribution in [0.4, 0.5) is 4.39 Å². The number of hydrogen-bond donors (Lipinski definition) is 2. The second-order valence-electron chi connectivity index (χ2n) is 6.54. The lowest BCUT2D eigenvalue weighted by atomic mass is 10.0. The van der Waals surface area contributed by atoms with Crippen LogP contribution in [0, 0.1) is 5.82 Å². The zero-order valence-corrected chi connectivity index (χ0v) is 13.4. The van der Waals surface area contributed by atoms with Crippen LogP contribution in [0.3, 0.4) is 0 Å². The number of benzene rings is 1. The van der Waals surface area contributed by atoms with E-state index in [0.29, 0.717) is 18.1 Å². The van der Waals surface area contributed by atoms with Crippen molar-refractivity contribution in [1.82, 2.24) is 10.6 Å². The predicted octanol–water partition coefficient (Wildman–Crippen LogP) is 3.66. The number of rotatable bonds is 6. The highest BCUT2D eigenvalue weighted by Crippen LogP contribution is 2.13. The van der Waals surface area contributed by atoms with Crippen LogP contribution in [-0.2, 0) is 6.42 Å². The van der Waals surface area contributed by atoms with Crippen LogP contribution in [0.1, 0.15) is 51.5 Å². The Labute approximate surface area is 128 Å². The average Bonchev–Trinajstić information content (AvgIpc) is 2.69. The topological polar surface area (TPSA) is 24.1 Å². The molecule has 0 aromatic heterocycles. The van der Waals surface area contributed by atoms with Crippen LogP contribution in [-0.4, -0.2) is 24.7 Å². The summed E-state index contributed by atoms with van der Waals surface area (Å²) in [6.45, 7) is 5.65. The van der Waals surface area contributed by atoms with Crippen molar-refractivity contribution < 1.29 is 4.39 Å². The van der Waals surface area contributed by atoms with E-state index in [1.165, 1.54) is 44.2 Å². The molecule has 118 valence electrons. The minimum atomic E-state index is -0.160. The number of halogens is 1. The zero-order chi connectivity index (χ0) is 15.1. The van der Waals surface area contributed by atoms with Crippen LogP contribution in [0.15, 0.2) is 24.3 Å². The third-order valence-corrected chi connectivity index (χ3v) is 4.32. The van der Waals surface area contributed by atoms with Gasteiger partial charge in [-0.3, -0.25) is 0 Å². The molecule has 2 nitrogen and oxygen atoms in total. The second-order valence-corrected chi connectivity index (χ2v) is 6.54. The predicted molar refractivity (Wildman–Crippen MR) is 87.0 cm³/mol. The molecule has 21 heavy (non-hydrogen) atoms. The minimum Gasteiger partial charge on any atom is -0.314 e.